The highest BCUT2D eigenvalue weighted by Crippen LogP contribution is 2.48. The smallest absolute Gasteiger partial charge is 0.101 e. The largest absolute Gasteiger partial charge is 0.192 e. The summed E-state index contributed by atoms with van der Waals surface area (Å²) in [5, 5.41) is 31.5. The summed E-state index contributed by atoms with van der Waals surface area (Å²) >= 11 is 0. The summed E-state index contributed by atoms with van der Waals surface area (Å²) < 4.78 is 0. The predicted molar refractivity (Wildman–Crippen MR) is 64.4 cm³/mol. The lowest BCUT2D eigenvalue weighted by Crippen LogP contribution is -2.41. The summed E-state index contributed by atoms with van der Waals surface area (Å²) in [5.74, 6) is 0. The molecule has 1 aliphatic heterocycles. The zero-order valence-corrected chi connectivity index (χ0v) is 10.9. The minimum Gasteiger partial charge on any atom is -0.192 e. The minimum atomic E-state index is -0.682. The van der Waals surface area contributed by atoms with E-state index < -0.39 is 11.1 Å². The first-order valence-corrected chi connectivity index (χ1v) is 5.73. The molecule has 0 atom stereocenters. The SMILES string of the molecule is CC1(C)c2cc(C#N)c(C#N)cc2C(C)(C)N1[O]. The van der Waals surface area contributed by atoms with E-state index in [1.807, 2.05) is 39.8 Å². The van der Waals surface area contributed by atoms with Gasteiger partial charge in [0.25, 0.3) is 0 Å². The van der Waals surface area contributed by atoms with Crippen molar-refractivity contribution in [3.05, 3.63) is 34.4 Å². The molecule has 0 aromatic heterocycles. The van der Waals surface area contributed by atoms with Crippen LogP contribution in [0.4, 0.5) is 0 Å². The lowest BCUT2D eigenvalue weighted by atomic mass is 9.87. The molecule has 0 amide bonds. The van der Waals surface area contributed by atoms with Gasteiger partial charge < -0.3 is 0 Å². The number of hydrogen-bond acceptors (Lipinski definition) is 3. The maximum absolute atomic E-state index is 12.4. The van der Waals surface area contributed by atoms with Gasteiger partial charge in [0, 0.05) is 0 Å². The van der Waals surface area contributed by atoms with Crippen molar-refractivity contribution >= 4 is 0 Å². The molecule has 4 nitrogen and oxygen atoms in total. The molecule has 0 spiro atoms. The maximum Gasteiger partial charge on any atom is 0.101 e. The Bertz CT molecular complexity index is 550. The molecule has 18 heavy (non-hydrogen) atoms. The Morgan fingerprint density at radius 3 is 1.56 bits per heavy atom. The molecule has 0 saturated heterocycles. The van der Waals surface area contributed by atoms with Gasteiger partial charge in [0.15, 0.2) is 0 Å². The standard InChI is InChI=1S/C14H14N3O/c1-13(2)11-5-9(7-15)10(8-16)6-12(11)14(3,4)17(13)18/h5-6H,1-4H3. The molecule has 0 fully saturated rings. The van der Waals surface area contributed by atoms with E-state index in [1.54, 1.807) is 12.1 Å². The van der Waals surface area contributed by atoms with E-state index in [0.29, 0.717) is 11.1 Å². The van der Waals surface area contributed by atoms with Crippen molar-refractivity contribution in [3.8, 4) is 12.1 Å². The molecule has 4 heteroatoms. The highest BCUT2D eigenvalue weighted by molar-refractivity contribution is 5.55. The van der Waals surface area contributed by atoms with Gasteiger partial charge in [-0.25, -0.2) is 0 Å². The summed E-state index contributed by atoms with van der Waals surface area (Å²) in [5.41, 5.74) is 0.957. The third kappa shape index (κ3) is 1.37. The van der Waals surface area contributed by atoms with E-state index in [4.69, 9.17) is 10.5 Å². The number of hydrogen-bond donors (Lipinski definition) is 0. The monoisotopic (exact) mass is 240 g/mol. The van der Waals surface area contributed by atoms with Gasteiger partial charge in [-0.3, -0.25) is 0 Å². The topological polar surface area (TPSA) is 70.7 Å². The van der Waals surface area contributed by atoms with Gasteiger partial charge in [0.2, 0.25) is 0 Å². The molecule has 1 aliphatic rings. The number of fused-ring (bicyclic) bond motifs is 1. The molecule has 2 rings (SSSR count). The second kappa shape index (κ2) is 3.55. The molecule has 0 saturated carbocycles. The molecule has 0 bridgehead atoms. The Morgan fingerprint density at radius 1 is 0.944 bits per heavy atom. The van der Waals surface area contributed by atoms with Crippen LogP contribution in [0.15, 0.2) is 12.1 Å². The first kappa shape index (κ1) is 12.6. The molecule has 0 N–H and O–H groups in total. The quantitative estimate of drug-likeness (QED) is 0.699. The van der Waals surface area contributed by atoms with Crippen molar-refractivity contribution in [2.75, 3.05) is 0 Å². The minimum absolute atomic E-state index is 0.329. The lowest BCUT2D eigenvalue weighted by molar-refractivity contribution is -0.266. The predicted octanol–water partition coefficient (Wildman–Crippen LogP) is 2.56. The van der Waals surface area contributed by atoms with Crippen LogP contribution >= 0.6 is 0 Å². The van der Waals surface area contributed by atoms with Crippen molar-refractivity contribution in [3.63, 3.8) is 0 Å². The Hall–Kier alpha value is -1.88. The summed E-state index contributed by atoms with van der Waals surface area (Å²) in [6, 6.07) is 7.37. The van der Waals surface area contributed by atoms with Gasteiger partial charge in [0.05, 0.1) is 22.2 Å². The first-order chi connectivity index (χ1) is 8.26. The van der Waals surface area contributed by atoms with Gasteiger partial charge in [-0.2, -0.15) is 10.5 Å². The van der Waals surface area contributed by atoms with Crippen LogP contribution in [0.1, 0.15) is 49.9 Å². The first-order valence-electron chi connectivity index (χ1n) is 5.73. The van der Waals surface area contributed by atoms with Crippen LogP contribution < -0.4 is 0 Å². The average Bonchev–Trinajstić information content (AvgIpc) is 2.47. The Kier molecular flexibility index (Phi) is 2.48. The molecule has 1 heterocycles. The van der Waals surface area contributed by atoms with Crippen molar-refractivity contribution in [2.24, 2.45) is 0 Å². The molecule has 1 aromatic carbocycles. The Morgan fingerprint density at radius 2 is 1.28 bits per heavy atom. The number of benzene rings is 1. The second-order valence-corrected chi connectivity index (χ2v) is 5.58. The van der Waals surface area contributed by atoms with Gasteiger partial charge in [-0.1, -0.05) is 0 Å². The van der Waals surface area contributed by atoms with Gasteiger partial charge in [-0.15, -0.1) is 10.3 Å². The zero-order chi connectivity index (χ0) is 13.7. The number of nitriles is 2. The highest BCUT2D eigenvalue weighted by Gasteiger charge is 2.50. The third-order valence-electron chi connectivity index (χ3n) is 3.73. The fourth-order valence-electron chi connectivity index (χ4n) is 2.71. The van der Waals surface area contributed by atoms with Crippen molar-refractivity contribution < 1.29 is 5.21 Å². The summed E-state index contributed by atoms with van der Waals surface area (Å²) in [6.07, 6.45) is 0. The molecule has 1 aromatic rings. The van der Waals surface area contributed by atoms with Crippen LogP contribution in [0.5, 0.6) is 0 Å². The molecule has 0 aliphatic carbocycles. The van der Waals surface area contributed by atoms with Crippen LogP contribution in [0.2, 0.25) is 0 Å². The van der Waals surface area contributed by atoms with Crippen LogP contribution in [-0.2, 0) is 16.3 Å². The van der Waals surface area contributed by atoms with E-state index >= 15 is 0 Å². The van der Waals surface area contributed by atoms with Crippen molar-refractivity contribution in [1.82, 2.24) is 5.06 Å². The van der Waals surface area contributed by atoms with Crippen molar-refractivity contribution in [2.45, 2.75) is 38.8 Å². The highest BCUT2D eigenvalue weighted by atomic mass is 16.5. The van der Waals surface area contributed by atoms with E-state index in [9.17, 15) is 5.21 Å². The van der Waals surface area contributed by atoms with E-state index in [0.717, 1.165) is 16.2 Å². The Labute approximate surface area is 107 Å². The summed E-state index contributed by atoms with van der Waals surface area (Å²) in [6.45, 7) is 7.34. The zero-order valence-electron chi connectivity index (χ0n) is 10.9. The van der Waals surface area contributed by atoms with Crippen LogP contribution in [0.25, 0.3) is 0 Å². The maximum atomic E-state index is 12.4. The van der Waals surface area contributed by atoms with Crippen LogP contribution in [0, 0.1) is 22.7 Å². The van der Waals surface area contributed by atoms with Gasteiger partial charge in [-0.05, 0) is 51.0 Å². The third-order valence-corrected chi connectivity index (χ3v) is 3.73. The van der Waals surface area contributed by atoms with E-state index in [2.05, 4.69) is 0 Å². The summed E-state index contributed by atoms with van der Waals surface area (Å²) in [7, 11) is 0. The average molecular weight is 240 g/mol. The fraction of sp³-hybridized carbons (Fsp3) is 0.429. The van der Waals surface area contributed by atoms with Gasteiger partial charge >= 0.3 is 0 Å². The molecular weight excluding hydrogens is 226 g/mol. The van der Waals surface area contributed by atoms with E-state index in [-0.39, 0.29) is 0 Å². The molecule has 0 unspecified atom stereocenters. The molecule has 91 valence electrons. The van der Waals surface area contributed by atoms with Gasteiger partial charge in [0.1, 0.15) is 12.1 Å². The van der Waals surface area contributed by atoms with Crippen LogP contribution in [-0.4, -0.2) is 5.06 Å². The lowest BCUT2D eigenvalue weighted by Gasteiger charge is -2.32. The number of rotatable bonds is 0. The van der Waals surface area contributed by atoms with Crippen molar-refractivity contribution in [1.29, 1.82) is 10.5 Å². The fourth-order valence-corrected chi connectivity index (χ4v) is 2.71. The normalized spacial score (nSPS) is 19.9. The summed E-state index contributed by atoms with van der Waals surface area (Å²) in [4.78, 5) is 0. The Balaban J connectivity index is 2.82. The van der Waals surface area contributed by atoms with Crippen LogP contribution in [0.3, 0.4) is 0 Å². The number of hydroxylamine groups is 2. The molecular formula is C14H14N3O. The van der Waals surface area contributed by atoms with E-state index in [1.165, 1.54) is 0 Å². The second-order valence-electron chi connectivity index (χ2n) is 5.58. The molecule has 1 radical (unpaired) electrons. The number of nitrogens with zero attached hydrogens (tertiary/aromatic N) is 3.